The van der Waals surface area contributed by atoms with E-state index in [1.165, 1.54) is 0 Å². The molecule has 0 bridgehead atoms. The van der Waals surface area contributed by atoms with Gasteiger partial charge in [0.25, 0.3) is 0 Å². The Bertz CT molecular complexity index is 585. The molecule has 0 radical (unpaired) electrons. The molecular formula is C16H26O13. The van der Waals surface area contributed by atoms with Crippen LogP contribution in [0.2, 0.25) is 0 Å². The van der Waals surface area contributed by atoms with Gasteiger partial charge >= 0.3 is 11.9 Å². The maximum absolute atomic E-state index is 11.0. The van der Waals surface area contributed by atoms with Gasteiger partial charge in [0.2, 0.25) is 5.79 Å². The van der Waals surface area contributed by atoms with E-state index in [4.69, 9.17) is 23.7 Å². The van der Waals surface area contributed by atoms with Crippen LogP contribution in [-0.2, 0) is 33.3 Å². The number of esters is 2. The van der Waals surface area contributed by atoms with E-state index < -0.39 is 86.6 Å². The molecule has 0 aromatic heterocycles. The SMILES string of the molecule is CC(=O)OC[C@H]1O[C@@](CO)(O[C@H]2O[C@H](COC(C)=O)[C@@H](O)[C@H](O)[C@H]2O)[C@@H](O)[C@@H]1O. The van der Waals surface area contributed by atoms with Crippen molar-refractivity contribution in [3.05, 3.63) is 0 Å². The molecule has 0 spiro atoms. The summed E-state index contributed by atoms with van der Waals surface area (Å²) < 4.78 is 25.5. The molecule has 0 unspecified atom stereocenters. The largest absolute Gasteiger partial charge is 0.463 e. The molecule has 2 saturated heterocycles. The molecule has 13 heteroatoms. The predicted octanol–water partition coefficient (Wildman–Crippen LogP) is -4.25. The zero-order chi connectivity index (χ0) is 21.9. The van der Waals surface area contributed by atoms with Gasteiger partial charge in [-0.1, -0.05) is 0 Å². The molecule has 0 saturated carbocycles. The lowest BCUT2D eigenvalue weighted by molar-refractivity contribution is -0.383. The number of carbonyl (C=O) groups excluding carboxylic acids is 2. The van der Waals surface area contributed by atoms with E-state index in [2.05, 4.69) is 0 Å². The molecule has 9 atom stereocenters. The molecular weight excluding hydrogens is 400 g/mol. The van der Waals surface area contributed by atoms with Gasteiger partial charge in [-0.3, -0.25) is 9.59 Å². The molecule has 29 heavy (non-hydrogen) atoms. The van der Waals surface area contributed by atoms with E-state index in [-0.39, 0.29) is 0 Å². The zero-order valence-corrected chi connectivity index (χ0v) is 15.8. The van der Waals surface area contributed by atoms with Crippen molar-refractivity contribution in [2.75, 3.05) is 19.8 Å². The highest BCUT2D eigenvalue weighted by atomic mass is 16.8. The molecule has 2 fully saturated rings. The third-order valence-corrected chi connectivity index (χ3v) is 4.61. The Morgan fingerprint density at radius 3 is 1.93 bits per heavy atom. The lowest BCUT2D eigenvalue weighted by Gasteiger charge is -2.43. The van der Waals surface area contributed by atoms with Crippen molar-refractivity contribution in [2.45, 2.75) is 68.7 Å². The minimum Gasteiger partial charge on any atom is -0.463 e. The summed E-state index contributed by atoms with van der Waals surface area (Å²) in [4.78, 5) is 21.9. The number of ether oxygens (including phenoxy) is 5. The van der Waals surface area contributed by atoms with Crippen molar-refractivity contribution >= 4 is 11.9 Å². The smallest absolute Gasteiger partial charge is 0.302 e. The topological polar surface area (TPSA) is 202 Å². The van der Waals surface area contributed by atoms with Crippen LogP contribution >= 0.6 is 0 Å². The number of aliphatic hydroxyl groups excluding tert-OH is 6. The van der Waals surface area contributed by atoms with Gasteiger partial charge in [-0.05, 0) is 0 Å². The van der Waals surface area contributed by atoms with E-state index in [1.54, 1.807) is 0 Å². The zero-order valence-electron chi connectivity index (χ0n) is 15.8. The van der Waals surface area contributed by atoms with Gasteiger partial charge < -0.3 is 54.3 Å². The van der Waals surface area contributed by atoms with Crippen molar-refractivity contribution in [3.63, 3.8) is 0 Å². The Labute approximate surface area is 165 Å². The first-order valence-corrected chi connectivity index (χ1v) is 8.81. The molecule has 2 heterocycles. The molecule has 2 aliphatic heterocycles. The Hall–Kier alpha value is -1.42. The summed E-state index contributed by atoms with van der Waals surface area (Å²) in [5, 5.41) is 60.3. The standard InChI is InChI=1S/C16H26O13/c1-6(18)25-3-8-10(20)12(22)13(23)15(27-8)29-16(5-17)14(24)11(21)9(28-16)4-26-7(2)19/h8-15,17,20-24H,3-5H2,1-2H3/t8-,9-,10-,11-,12+,13-,14+,15-,16+/m1/s1. The molecule has 6 N–H and O–H groups in total. The van der Waals surface area contributed by atoms with E-state index in [0.717, 1.165) is 13.8 Å². The summed E-state index contributed by atoms with van der Waals surface area (Å²) in [6.07, 6.45) is -13.1. The van der Waals surface area contributed by atoms with Crippen LogP contribution in [0.1, 0.15) is 13.8 Å². The lowest BCUT2D eigenvalue weighted by Crippen LogP contribution is -2.62. The van der Waals surface area contributed by atoms with E-state index in [1.807, 2.05) is 0 Å². The Kier molecular flexibility index (Phi) is 7.89. The highest BCUT2D eigenvalue weighted by Gasteiger charge is 2.58. The molecule has 2 aliphatic rings. The maximum atomic E-state index is 11.0. The second-order valence-electron chi connectivity index (χ2n) is 6.80. The molecule has 168 valence electrons. The predicted molar refractivity (Wildman–Crippen MR) is 87.7 cm³/mol. The average Bonchev–Trinajstić information content (AvgIpc) is 2.90. The fraction of sp³-hybridized carbons (Fsp3) is 0.875. The van der Waals surface area contributed by atoms with Crippen molar-refractivity contribution in [2.24, 2.45) is 0 Å². The molecule has 13 nitrogen and oxygen atoms in total. The Balaban J connectivity index is 2.14. The lowest BCUT2D eigenvalue weighted by atomic mass is 9.99. The minimum atomic E-state index is -2.30. The first-order valence-electron chi connectivity index (χ1n) is 8.81. The van der Waals surface area contributed by atoms with Crippen LogP contribution in [0, 0.1) is 0 Å². The second-order valence-corrected chi connectivity index (χ2v) is 6.80. The van der Waals surface area contributed by atoms with Gasteiger partial charge in [0.05, 0.1) is 0 Å². The van der Waals surface area contributed by atoms with Crippen LogP contribution < -0.4 is 0 Å². The van der Waals surface area contributed by atoms with Gasteiger partial charge in [-0.15, -0.1) is 0 Å². The third kappa shape index (κ3) is 5.20. The maximum Gasteiger partial charge on any atom is 0.302 e. The number of rotatable bonds is 7. The van der Waals surface area contributed by atoms with Crippen molar-refractivity contribution < 1.29 is 63.9 Å². The highest BCUT2D eigenvalue weighted by Crippen LogP contribution is 2.36. The molecule has 2 rings (SSSR count). The van der Waals surface area contributed by atoms with E-state index in [0.29, 0.717) is 0 Å². The van der Waals surface area contributed by atoms with Crippen molar-refractivity contribution in [3.8, 4) is 0 Å². The van der Waals surface area contributed by atoms with Gasteiger partial charge in [0.1, 0.15) is 62.5 Å². The van der Waals surface area contributed by atoms with Gasteiger partial charge in [0, 0.05) is 13.8 Å². The van der Waals surface area contributed by atoms with Crippen LogP contribution in [0.4, 0.5) is 0 Å². The van der Waals surface area contributed by atoms with Crippen molar-refractivity contribution in [1.29, 1.82) is 0 Å². The first-order chi connectivity index (χ1) is 13.5. The highest BCUT2D eigenvalue weighted by molar-refractivity contribution is 5.66. The number of carbonyl (C=O) groups is 2. The summed E-state index contributed by atoms with van der Waals surface area (Å²) in [5.41, 5.74) is 0. The molecule has 0 aromatic carbocycles. The van der Waals surface area contributed by atoms with E-state index in [9.17, 15) is 40.2 Å². The van der Waals surface area contributed by atoms with Crippen LogP contribution in [0.15, 0.2) is 0 Å². The summed E-state index contributed by atoms with van der Waals surface area (Å²) in [6, 6.07) is 0. The van der Waals surface area contributed by atoms with E-state index >= 15 is 0 Å². The summed E-state index contributed by atoms with van der Waals surface area (Å²) in [7, 11) is 0. The molecule has 0 aromatic rings. The minimum absolute atomic E-state index is 0.455. The monoisotopic (exact) mass is 426 g/mol. The summed E-state index contributed by atoms with van der Waals surface area (Å²) in [5.74, 6) is -3.66. The van der Waals surface area contributed by atoms with Crippen LogP contribution in [-0.4, -0.2) is 117 Å². The molecule has 0 aliphatic carbocycles. The Morgan fingerprint density at radius 2 is 1.41 bits per heavy atom. The summed E-state index contributed by atoms with van der Waals surface area (Å²) in [6.45, 7) is 0.288. The summed E-state index contributed by atoms with van der Waals surface area (Å²) >= 11 is 0. The quantitative estimate of drug-likeness (QED) is 0.214. The second kappa shape index (κ2) is 9.59. The third-order valence-electron chi connectivity index (χ3n) is 4.61. The average molecular weight is 426 g/mol. The van der Waals surface area contributed by atoms with Gasteiger partial charge in [0.15, 0.2) is 6.29 Å². The number of aliphatic hydroxyl groups is 6. The van der Waals surface area contributed by atoms with Crippen molar-refractivity contribution in [1.82, 2.24) is 0 Å². The number of hydrogen-bond acceptors (Lipinski definition) is 13. The van der Waals surface area contributed by atoms with Crippen LogP contribution in [0.3, 0.4) is 0 Å². The van der Waals surface area contributed by atoms with Gasteiger partial charge in [-0.25, -0.2) is 0 Å². The van der Waals surface area contributed by atoms with Crippen LogP contribution in [0.5, 0.6) is 0 Å². The van der Waals surface area contributed by atoms with Crippen LogP contribution in [0.25, 0.3) is 0 Å². The molecule has 0 amide bonds. The van der Waals surface area contributed by atoms with Gasteiger partial charge in [-0.2, -0.15) is 0 Å². The fourth-order valence-corrected chi connectivity index (χ4v) is 3.00. The Morgan fingerprint density at radius 1 is 0.862 bits per heavy atom. The fourth-order valence-electron chi connectivity index (χ4n) is 3.00. The number of hydrogen-bond donors (Lipinski definition) is 6. The first kappa shape index (κ1) is 23.9. The normalized spacial score (nSPS) is 42.5.